The minimum absolute atomic E-state index is 0.225. The molecule has 8 nitrogen and oxygen atoms in total. The van der Waals surface area contributed by atoms with Gasteiger partial charge in [0, 0.05) is 12.6 Å². The lowest BCUT2D eigenvalue weighted by Gasteiger charge is -2.32. The van der Waals surface area contributed by atoms with Crippen LogP contribution in [0.4, 0.5) is 4.79 Å². The highest BCUT2D eigenvalue weighted by molar-refractivity contribution is 6.31. The number of hydrogen-bond acceptors (Lipinski definition) is 5. The van der Waals surface area contributed by atoms with Crippen LogP contribution in [0, 0.1) is 5.92 Å². The lowest BCUT2D eigenvalue weighted by Crippen LogP contribution is -2.80. The normalized spacial score (nSPS) is 22.8. The Morgan fingerprint density at radius 1 is 1.19 bits per heavy atom. The molecular formula is C19H21N4O4+. The summed E-state index contributed by atoms with van der Waals surface area (Å²) in [4.78, 5) is 35.5. The average molecular weight is 369 g/mol. The van der Waals surface area contributed by atoms with Gasteiger partial charge >= 0.3 is 6.03 Å². The van der Waals surface area contributed by atoms with E-state index in [4.69, 9.17) is 14.5 Å². The summed E-state index contributed by atoms with van der Waals surface area (Å²) in [5.41, 5.74) is 2.61. The van der Waals surface area contributed by atoms with Crippen molar-refractivity contribution in [3.8, 4) is 11.5 Å². The fraction of sp³-hybridized carbons (Fsp3) is 0.368. The Bertz CT molecular complexity index is 918. The van der Waals surface area contributed by atoms with E-state index in [1.807, 2.05) is 31.3 Å². The van der Waals surface area contributed by atoms with Gasteiger partial charge in [-0.25, -0.2) is 14.7 Å². The Kier molecular flexibility index (Phi) is 4.18. The van der Waals surface area contributed by atoms with Crippen molar-refractivity contribution in [3.63, 3.8) is 0 Å². The van der Waals surface area contributed by atoms with E-state index in [1.54, 1.807) is 7.05 Å². The zero-order valence-corrected chi connectivity index (χ0v) is 15.5. The van der Waals surface area contributed by atoms with E-state index in [9.17, 15) is 9.59 Å². The van der Waals surface area contributed by atoms with Gasteiger partial charge in [0.15, 0.2) is 17.4 Å². The molecule has 1 saturated heterocycles. The van der Waals surface area contributed by atoms with Crippen molar-refractivity contribution >= 4 is 23.5 Å². The first-order valence-corrected chi connectivity index (χ1v) is 8.82. The zero-order valence-electron chi connectivity index (χ0n) is 15.5. The molecule has 4 rings (SSSR count). The van der Waals surface area contributed by atoms with Crippen molar-refractivity contribution in [2.75, 3.05) is 20.9 Å². The first kappa shape index (κ1) is 17.3. The van der Waals surface area contributed by atoms with Gasteiger partial charge in [-0.15, -0.1) is 0 Å². The lowest BCUT2D eigenvalue weighted by atomic mass is 9.89. The number of carbonyl (C=O) groups is 2. The Labute approximate surface area is 156 Å². The van der Waals surface area contributed by atoms with E-state index in [0.717, 1.165) is 28.2 Å². The van der Waals surface area contributed by atoms with E-state index in [2.05, 4.69) is 4.99 Å². The van der Waals surface area contributed by atoms with Crippen molar-refractivity contribution in [2.24, 2.45) is 10.9 Å². The number of carbonyl (C=O) groups excluding carboxylic acids is 2. The molecular weight excluding hydrogens is 348 g/mol. The molecule has 1 atom stereocenters. The first-order valence-electron chi connectivity index (χ1n) is 8.82. The van der Waals surface area contributed by atoms with Gasteiger partial charge in [0.05, 0.1) is 25.5 Å². The standard InChI is InChI=1S/C19H20N4O4/c1-4-12-9-21-17-15(18(24)23(3)19(25)22(17)2)16(12)20-8-11-5-6-13-14(7-11)27-10-26-13/h5-7,9,15H,4,8,10H2,1-3H3/p+1. The molecule has 0 bridgehead atoms. The fourth-order valence-corrected chi connectivity index (χ4v) is 3.47. The SMILES string of the molecule is CCC1=C[NH+]=C2C(C(=O)N(C)C(=O)N2C)C1=NCc1ccc2c(c1)OCO2. The molecule has 0 aromatic heterocycles. The van der Waals surface area contributed by atoms with Crippen molar-refractivity contribution in [1.82, 2.24) is 9.80 Å². The molecule has 3 aliphatic rings. The fourth-order valence-electron chi connectivity index (χ4n) is 3.47. The van der Waals surface area contributed by atoms with Crippen LogP contribution in [0.5, 0.6) is 11.5 Å². The van der Waals surface area contributed by atoms with E-state index >= 15 is 0 Å². The minimum atomic E-state index is -0.605. The molecule has 0 saturated carbocycles. The summed E-state index contributed by atoms with van der Waals surface area (Å²) >= 11 is 0. The number of hydrogen-bond donors (Lipinski definition) is 1. The molecule has 27 heavy (non-hydrogen) atoms. The number of allylic oxidation sites excluding steroid dienone is 1. The predicted molar refractivity (Wildman–Crippen MR) is 97.5 cm³/mol. The van der Waals surface area contributed by atoms with Crippen molar-refractivity contribution in [1.29, 1.82) is 0 Å². The summed E-state index contributed by atoms with van der Waals surface area (Å²) in [5, 5.41) is 0. The number of amidine groups is 1. The molecule has 8 heteroatoms. The van der Waals surface area contributed by atoms with Crippen LogP contribution in [0.25, 0.3) is 0 Å². The van der Waals surface area contributed by atoms with Crippen LogP contribution in [0.3, 0.4) is 0 Å². The van der Waals surface area contributed by atoms with Crippen molar-refractivity contribution < 1.29 is 24.1 Å². The molecule has 3 amide bonds. The number of rotatable bonds is 3. The van der Waals surface area contributed by atoms with Crippen LogP contribution in [0.15, 0.2) is 35.0 Å². The van der Waals surface area contributed by atoms with Crippen LogP contribution >= 0.6 is 0 Å². The minimum Gasteiger partial charge on any atom is -0.454 e. The maximum Gasteiger partial charge on any atom is 0.417 e. The average Bonchev–Trinajstić information content (AvgIpc) is 3.16. The van der Waals surface area contributed by atoms with E-state index in [0.29, 0.717) is 23.8 Å². The molecule has 1 unspecified atom stereocenters. The van der Waals surface area contributed by atoms with Crippen LogP contribution in [0.2, 0.25) is 0 Å². The number of nitrogens with one attached hydrogen (secondary N) is 1. The predicted octanol–water partition coefficient (Wildman–Crippen LogP) is 0.283. The van der Waals surface area contributed by atoms with Gasteiger partial charge in [-0.05, 0) is 24.1 Å². The van der Waals surface area contributed by atoms with Gasteiger partial charge in [0.2, 0.25) is 6.79 Å². The molecule has 1 aromatic rings. The molecule has 1 aromatic carbocycles. The topological polar surface area (TPSA) is 85.4 Å². The van der Waals surface area contributed by atoms with Crippen molar-refractivity contribution in [2.45, 2.75) is 19.9 Å². The number of imide groups is 1. The third-order valence-electron chi connectivity index (χ3n) is 5.03. The number of amides is 3. The molecule has 0 aliphatic carbocycles. The van der Waals surface area contributed by atoms with Gasteiger partial charge in [-0.3, -0.25) is 9.79 Å². The van der Waals surface area contributed by atoms with Gasteiger partial charge in [0.25, 0.3) is 11.7 Å². The second kappa shape index (κ2) is 6.53. The summed E-state index contributed by atoms with van der Waals surface area (Å²) in [5.74, 6) is 1.10. The number of fused-ring (bicyclic) bond motifs is 2. The number of urea groups is 1. The summed E-state index contributed by atoms with van der Waals surface area (Å²) in [6.45, 7) is 2.64. The maximum absolute atomic E-state index is 12.8. The summed E-state index contributed by atoms with van der Waals surface area (Å²) in [6.07, 6.45) is 2.55. The third kappa shape index (κ3) is 2.77. The first-order chi connectivity index (χ1) is 13.0. The van der Waals surface area contributed by atoms with Crippen LogP contribution in [-0.2, 0) is 11.3 Å². The highest BCUT2D eigenvalue weighted by Gasteiger charge is 2.50. The van der Waals surface area contributed by atoms with E-state index < -0.39 is 5.92 Å². The second-order valence-electron chi connectivity index (χ2n) is 6.61. The third-order valence-corrected chi connectivity index (χ3v) is 5.03. The molecule has 1 N–H and O–H groups in total. The maximum atomic E-state index is 12.8. The van der Waals surface area contributed by atoms with E-state index in [-0.39, 0.29) is 18.7 Å². The number of aliphatic imine (C=N–C) groups is 1. The Balaban J connectivity index is 1.68. The lowest BCUT2D eigenvalue weighted by molar-refractivity contribution is -0.383. The summed E-state index contributed by atoms with van der Waals surface area (Å²) < 4.78 is 10.7. The smallest absolute Gasteiger partial charge is 0.417 e. The highest BCUT2D eigenvalue weighted by atomic mass is 16.7. The van der Waals surface area contributed by atoms with Crippen LogP contribution in [-0.4, -0.2) is 54.2 Å². The molecule has 0 spiro atoms. The molecule has 140 valence electrons. The van der Waals surface area contributed by atoms with Crippen molar-refractivity contribution in [3.05, 3.63) is 35.5 Å². The molecule has 0 radical (unpaired) electrons. The Morgan fingerprint density at radius 2 is 1.96 bits per heavy atom. The summed E-state index contributed by atoms with van der Waals surface area (Å²) in [6, 6.07) is 5.34. The largest absolute Gasteiger partial charge is 0.454 e. The molecule has 1 fully saturated rings. The second-order valence-corrected chi connectivity index (χ2v) is 6.61. The summed E-state index contributed by atoms with van der Waals surface area (Å²) in [7, 11) is 3.15. The number of nitrogens with zero attached hydrogens (tertiary/aromatic N) is 3. The number of benzene rings is 1. The Hall–Kier alpha value is -3.16. The van der Waals surface area contributed by atoms with Gasteiger partial charge in [-0.1, -0.05) is 13.0 Å². The zero-order chi connectivity index (χ0) is 19.1. The number of ether oxygens (including phenoxy) is 2. The molecule has 3 aliphatic heterocycles. The monoisotopic (exact) mass is 369 g/mol. The van der Waals surface area contributed by atoms with Crippen LogP contribution in [0.1, 0.15) is 18.9 Å². The highest BCUT2D eigenvalue weighted by Crippen LogP contribution is 2.33. The van der Waals surface area contributed by atoms with Crippen LogP contribution < -0.4 is 14.5 Å². The van der Waals surface area contributed by atoms with Gasteiger partial charge < -0.3 is 9.47 Å². The van der Waals surface area contributed by atoms with E-state index in [1.165, 1.54) is 11.9 Å². The van der Waals surface area contributed by atoms with Gasteiger partial charge in [0.1, 0.15) is 0 Å². The Morgan fingerprint density at radius 3 is 2.74 bits per heavy atom. The van der Waals surface area contributed by atoms with Gasteiger partial charge in [-0.2, -0.15) is 4.90 Å². The quantitative estimate of drug-likeness (QED) is 0.830. The molecule has 3 heterocycles.